The van der Waals surface area contributed by atoms with Crippen LogP contribution in [-0.4, -0.2) is 63.9 Å². The molecular weight excluding hydrogens is 518 g/mol. The standard InChI is InChI=1S/C34H63NO6/c1-5-6-7-8-9-10-11-12-13-14-15-16-17-18-19-20-21-25-35(26-22-29(2)32(36)37,27-23-30(3)33(38)39)28-24-31(4)34(40)41/h7-8,29-31H,5-6,9-28H2,1-4H3,(H2-,36,37,38,39,40,41)/p+1/b8-7+. The van der Waals surface area contributed by atoms with Gasteiger partial charge in [-0.05, 0) is 32.1 Å². The van der Waals surface area contributed by atoms with Crippen molar-refractivity contribution in [3.05, 3.63) is 12.2 Å². The number of rotatable bonds is 29. The third kappa shape index (κ3) is 21.5. The van der Waals surface area contributed by atoms with E-state index in [0.29, 0.717) is 43.4 Å². The number of quaternary nitrogens is 1. The Hall–Kier alpha value is -1.89. The fourth-order valence-electron chi connectivity index (χ4n) is 5.32. The first kappa shape index (κ1) is 39.1. The van der Waals surface area contributed by atoms with Gasteiger partial charge in [0.25, 0.3) is 0 Å². The topological polar surface area (TPSA) is 112 Å². The van der Waals surface area contributed by atoms with Crippen molar-refractivity contribution >= 4 is 17.9 Å². The minimum Gasteiger partial charge on any atom is -0.481 e. The average molecular weight is 583 g/mol. The third-order valence-electron chi connectivity index (χ3n) is 8.75. The van der Waals surface area contributed by atoms with Crippen LogP contribution in [0.4, 0.5) is 0 Å². The van der Waals surface area contributed by atoms with E-state index >= 15 is 0 Å². The minimum atomic E-state index is -0.823. The van der Waals surface area contributed by atoms with Crippen LogP contribution in [0.2, 0.25) is 0 Å². The predicted octanol–water partition coefficient (Wildman–Crippen LogP) is 8.56. The van der Waals surface area contributed by atoms with Gasteiger partial charge in [0, 0.05) is 19.3 Å². The highest BCUT2D eigenvalue weighted by Gasteiger charge is 2.31. The van der Waals surface area contributed by atoms with Gasteiger partial charge in [-0.15, -0.1) is 0 Å². The minimum absolute atomic E-state index is 0.478. The summed E-state index contributed by atoms with van der Waals surface area (Å²) in [7, 11) is 0. The van der Waals surface area contributed by atoms with Crippen molar-refractivity contribution in [2.45, 2.75) is 143 Å². The Balaban J connectivity index is 4.56. The molecule has 0 spiro atoms. The van der Waals surface area contributed by atoms with E-state index in [1.165, 1.54) is 83.5 Å². The molecule has 0 bridgehead atoms. The first-order chi connectivity index (χ1) is 19.5. The van der Waals surface area contributed by atoms with Crippen LogP contribution in [0.1, 0.15) is 143 Å². The van der Waals surface area contributed by atoms with E-state index in [1.54, 1.807) is 20.8 Å². The van der Waals surface area contributed by atoms with Crippen LogP contribution < -0.4 is 0 Å². The van der Waals surface area contributed by atoms with Crippen molar-refractivity contribution in [2.24, 2.45) is 17.8 Å². The summed E-state index contributed by atoms with van der Waals surface area (Å²) < 4.78 is 0.613. The van der Waals surface area contributed by atoms with Crippen LogP contribution in [0.25, 0.3) is 0 Å². The molecule has 0 saturated heterocycles. The molecule has 0 aromatic heterocycles. The number of hydrogen-bond acceptors (Lipinski definition) is 3. The zero-order valence-electron chi connectivity index (χ0n) is 27.0. The van der Waals surface area contributed by atoms with E-state index in [4.69, 9.17) is 0 Å². The molecule has 0 saturated carbocycles. The number of allylic oxidation sites excluding steroid dienone is 2. The highest BCUT2D eigenvalue weighted by Crippen LogP contribution is 2.22. The Morgan fingerprint density at radius 1 is 0.512 bits per heavy atom. The Bertz CT molecular complexity index is 662. The SMILES string of the molecule is CCC/C=C/CCCCCCCCCCCCCC[N+](CCC(C)C(=O)O)(CCC(C)C(=O)O)CCC(C)C(=O)O. The van der Waals surface area contributed by atoms with E-state index in [0.717, 1.165) is 19.4 Å². The molecule has 0 heterocycles. The monoisotopic (exact) mass is 582 g/mol. The first-order valence-corrected chi connectivity index (χ1v) is 16.7. The van der Waals surface area contributed by atoms with Crippen molar-refractivity contribution < 1.29 is 34.2 Å². The summed E-state index contributed by atoms with van der Waals surface area (Å²) in [6.07, 6.45) is 24.9. The van der Waals surface area contributed by atoms with Crippen LogP contribution in [0.5, 0.6) is 0 Å². The second-order valence-corrected chi connectivity index (χ2v) is 12.6. The van der Waals surface area contributed by atoms with Gasteiger partial charge in [0.2, 0.25) is 0 Å². The van der Waals surface area contributed by atoms with E-state index in [9.17, 15) is 29.7 Å². The van der Waals surface area contributed by atoms with Gasteiger partial charge in [-0.25, -0.2) is 0 Å². The summed E-state index contributed by atoms with van der Waals surface area (Å²) in [5.74, 6) is -3.90. The van der Waals surface area contributed by atoms with Gasteiger partial charge in [0.15, 0.2) is 0 Å². The average Bonchev–Trinajstić information content (AvgIpc) is 2.94. The second kappa shape index (κ2) is 24.7. The van der Waals surface area contributed by atoms with E-state index in [1.807, 2.05) is 0 Å². The molecule has 0 fully saturated rings. The highest BCUT2D eigenvalue weighted by atomic mass is 16.4. The van der Waals surface area contributed by atoms with Gasteiger partial charge < -0.3 is 19.8 Å². The van der Waals surface area contributed by atoms with E-state index in [2.05, 4.69) is 19.1 Å². The van der Waals surface area contributed by atoms with Gasteiger partial charge in [-0.3, -0.25) is 14.4 Å². The van der Waals surface area contributed by atoms with Crippen molar-refractivity contribution in [1.29, 1.82) is 0 Å². The largest absolute Gasteiger partial charge is 0.481 e. The smallest absolute Gasteiger partial charge is 0.306 e. The number of nitrogens with zero attached hydrogens (tertiary/aromatic N) is 1. The number of hydrogen-bond donors (Lipinski definition) is 3. The molecule has 0 aliphatic heterocycles. The maximum atomic E-state index is 11.5. The summed E-state index contributed by atoms with van der Waals surface area (Å²) in [4.78, 5) is 34.5. The van der Waals surface area contributed by atoms with Crippen LogP contribution >= 0.6 is 0 Å². The molecule has 0 radical (unpaired) electrons. The van der Waals surface area contributed by atoms with Crippen molar-refractivity contribution in [2.75, 3.05) is 26.2 Å². The van der Waals surface area contributed by atoms with E-state index < -0.39 is 35.7 Å². The van der Waals surface area contributed by atoms with Gasteiger partial charge in [0.1, 0.15) is 0 Å². The lowest BCUT2D eigenvalue weighted by Crippen LogP contribution is -2.52. The molecule has 41 heavy (non-hydrogen) atoms. The van der Waals surface area contributed by atoms with Gasteiger partial charge in [-0.1, -0.05) is 104 Å². The zero-order valence-corrected chi connectivity index (χ0v) is 27.0. The molecule has 0 rings (SSSR count). The van der Waals surface area contributed by atoms with Crippen molar-refractivity contribution in [3.63, 3.8) is 0 Å². The number of carboxylic acids is 3. The molecule has 0 aromatic rings. The lowest BCUT2D eigenvalue weighted by molar-refractivity contribution is -0.929. The van der Waals surface area contributed by atoms with Crippen molar-refractivity contribution in [1.82, 2.24) is 0 Å². The van der Waals surface area contributed by atoms with E-state index in [-0.39, 0.29) is 0 Å². The lowest BCUT2D eigenvalue weighted by Gasteiger charge is -2.40. The van der Waals surface area contributed by atoms with Crippen molar-refractivity contribution in [3.8, 4) is 0 Å². The molecule has 240 valence electrons. The van der Waals surface area contributed by atoms with Crippen LogP contribution in [0, 0.1) is 17.8 Å². The van der Waals surface area contributed by atoms with Gasteiger partial charge >= 0.3 is 17.9 Å². The molecular formula is C34H64NO6+. The maximum Gasteiger partial charge on any atom is 0.306 e. The Labute approximate surface area is 251 Å². The third-order valence-corrected chi connectivity index (χ3v) is 8.75. The molecule has 0 amide bonds. The molecule has 7 heteroatoms. The molecule has 7 nitrogen and oxygen atoms in total. The van der Waals surface area contributed by atoms with Crippen LogP contribution in [0.3, 0.4) is 0 Å². The molecule has 3 unspecified atom stereocenters. The second-order valence-electron chi connectivity index (χ2n) is 12.6. The summed E-state index contributed by atoms with van der Waals surface area (Å²) in [6, 6.07) is 0. The molecule has 0 aromatic carbocycles. The summed E-state index contributed by atoms with van der Waals surface area (Å²) in [5.41, 5.74) is 0. The lowest BCUT2D eigenvalue weighted by atomic mass is 10.0. The van der Waals surface area contributed by atoms with Crippen LogP contribution in [-0.2, 0) is 14.4 Å². The fraction of sp³-hybridized carbons (Fsp3) is 0.853. The highest BCUT2D eigenvalue weighted by molar-refractivity contribution is 5.70. The van der Waals surface area contributed by atoms with Crippen LogP contribution in [0.15, 0.2) is 12.2 Å². The predicted molar refractivity (Wildman–Crippen MR) is 168 cm³/mol. The molecule has 0 aliphatic rings. The number of unbranched alkanes of at least 4 members (excludes halogenated alkanes) is 13. The molecule has 3 atom stereocenters. The fourth-order valence-corrected chi connectivity index (χ4v) is 5.32. The Kier molecular flexibility index (Phi) is 23.5. The first-order valence-electron chi connectivity index (χ1n) is 16.7. The molecule has 0 aliphatic carbocycles. The normalized spacial score (nSPS) is 15.4. The van der Waals surface area contributed by atoms with Gasteiger partial charge in [-0.2, -0.15) is 0 Å². The van der Waals surface area contributed by atoms with Gasteiger partial charge in [0.05, 0.1) is 43.9 Å². The summed E-state index contributed by atoms with van der Waals surface area (Å²) in [5, 5.41) is 28.3. The zero-order chi connectivity index (χ0) is 30.9. The quantitative estimate of drug-likeness (QED) is 0.0463. The summed E-state index contributed by atoms with van der Waals surface area (Å²) in [6.45, 7) is 10.1. The number of carbonyl (C=O) groups is 3. The summed E-state index contributed by atoms with van der Waals surface area (Å²) >= 11 is 0. The maximum absolute atomic E-state index is 11.5. The number of carboxylic acid groups (broad SMARTS) is 3. The Morgan fingerprint density at radius 3 is 1.17 bits per heavy atom. The molecule has 3 N–H and O–H groups in total. The Morgan fingerprint density at radius 2 is 0.829 bits per heavy atom. The number of aliphatic carboxylic acids is 3.